The molecule has 6 heteroatoms. The number of carbonyl (C=O) groups is 1. The van der Waals surface area contributed by atoms with E-state index < -0.39 is 0 Å². The Bertz CT molecular complexity index is 1090. The molecule has 0 fully saturated rings. The second kappa shape index (κ2) is 8.61. The van der Waals surface area contributed by atoms with Crippen molar-refractivity contribution in [3.05, 3.63) is 103 Å². The standard InChI is InChI=1S/C24H22N4O2/c1-18(19-8-12-21(13-9-19)28-17-25-16-26-28)27(2)24(29)20-10-14-23(15-11-20)30-22-6-4-3-5-7-22/h3-18H,1-2H3/t18-/m0/s1. The molecule has 6 nitrogen and oxygen atoms in total. The lowest BCUT2D eigenvalue weighted by Crippen LogP contribution is -2.29. The number of carbonyl (C=O) groups excluding carboxylic acids is 1. The molecular formula is C24H22N4O2. The van der Waals surface area contributed by atoms with E-state index in [0.717, 1.165) is 17.0 Å². The third-order valence-corrected chi connectivity index (χ3v) is 5.04. The highest BCUT2D eigenvalue weighted by Gasteiger charge is 2.19. The van der Waals surface area contributed by atoms with Crippen molar-refractivity contribution in [1.29, 1.82) is 0 Å². The van der Waals surface area contributed by atoms with E-state index in [0.29, 0.717) is 11.3 Å². The van der Waals surface area contributed by atoms with Crippen LogP contribution < -0.4 is 4.74 Å². The van der Waals surface area contributed by atoms with Gasteiger partial charge in [-0.05, 0) is 61.0 Å². The second-order valence-corrected chi connectivity index (χ2v) is 6.96. The first-order valence-electron chi connectivity index (χ1n) is 9.67. The van der Waals surface area contributed by atoms with Crippen LogP contribution in [0.15, 0.2) is 91.5 Å². The van der Waals surface area contributed by atoms with Gasteiger partial charge in [0.15, 0.2) is 0 Å². The molecule has 0 aliphatic heterocycles. The summed E-state index contributed by atoms with van der Waals surface area (Å²) in [6, 6.07) is 24.6. The van der Waals surface area contributed by atoms with Crippen LogP contribution in [0.5, 0.6) is 11.5 Å². The lowest BCUT2D eigenvalue weighted by atomic mass is 10.1. The van der Waals surface area contributed by atoms with E-state index in [-0.39, 0.29) is 11.9 Å². The van der Waals surface area contributed by atoms with Gasteiger partial charge in [-0.3, -0.25) is 4.79 Å². The molecule has 4 rings (SSSR count). The van der Waals surface area contributed by atoms with E-state index in [1.54, 1.807) is 28.0 Å². The Labute approximate surface area is 175 Å². The molecule has 0 unspecified atom stereocenters. The molecule has 150 valence electrons. The molecule has 4 aromatic rings. The number of benzene rings is 3. The van der Waals surface area contributed by atoms with E-state index in [1.165, 1.54) is 6.33 Å². The number of ether oxygens (including phenoxy) is 1. The van der Waals surface area contributed by atoms with E-state index in [2.05, 4.69) is 10.1 Å². The number of amides is 1. The van der Waals surface area contributed by atoms with Crippen LogP contribution in [0.1, 0.15) is 28.9 Å². The Kier molecular flexibility index (Phi) is 5.57. The minimum Gasteiger partial charge on any atom is -0.457 e. The molecule has 0 radical (unpaired) electrons. The van der Waals surface area contributed by atoms with E-state index in [4.69, 9.17) is 4.74 Å². The van der Waals surface area contributed by atoms with Gasteiger partial charge in [-0.2, -0.15) is 5.10 Å². The maximum atomic E-state index is 12.9. The molecule has 1 aromatic heterocycles. The highest BCUT2D eigenvalue weighted by atomic mass is 16.5. The van der Waals surface area contributed by atoms with Crippen LogP contribution in [0.25, 0.3) is 5.69 Å². The van der Waals surface area contributed by atoms with Gasteiger partial charge in [-0.15, -0.1) is 0 Å². The molecule has 1 atom stereocenters. The van der Waals surface area contributed by atoms with Crippen LogP contribution in [0.2, 0.25) is 0 Å². The first kappa shape index (κ1) is 19.4. The molecule has 0 saturated heterocycles. The van der Waals surface area contributed by atoms with Gasteiger partial charge in [0.1, 0.15) is 24.2 Å². The second-order valence-electron chi connectivity index (χ2n) is 6.96. The van der Waals surface area contributed by atoms with E-state index in [9.17, 15) is 4.79 Å². The molecule has 0 spiro atoms. The number of hydrogen-bond donors (Lipinski definition) is 0. The van der Waals surface area contributed by atoms with Gasteiger partial charge in [-0.25, -0.2) is 9.67 Å². The maximum absolute atomic E-state index is 12.9. The van der Waals surface area contributed by atoms with Crippen molar-refractivity contribution in [3.8, 4) is 17.2 Å². The van der Waals surface area contributed by atoms with Crippen molar-refractivity contribution in [2.45, 2.75) is 13.0 Å². The molecule has 1 heterocycles. The van der Waals surface area contributed by atoms with Gasteiger partial charge in [-0.1, -0.05) is 30.3 Å². The molecule has 3 aromatic carbocycles. The smallest absolute Gasteiger partial charge is 0.254 e. The van der Waals surface area contributed by atoms with Crippen molar-refractivity contribution >= 4 is 5.91 Å². The van der Waals surface area contributed by atoms with Gasteiger partial charge in [0.25, 0.3) is 5.91 Å². The summed E-state index contributed by atoms with van der Waals surface area (Å²) in [7, 11) is 1.81. The minimum absolute atomic E-state index is 0.0471. The molecule has 0 aliphatic carbocycles. The highest BCUT2D eigenvalue weighted by molar-refractivity contribution is 5.94. The summed E-state index contributed by atoms with van der Waals surface area (Å²) in [5.41, 5.74) is 2.58. The van der Waals surface area contributed by atoms with E-state index in [1.807, 2.05) is 80.7 Å². The summed E-state index contributed by atoms with van der Waals surface area (Å²) in [6.07, 6.45) is 3.15. The Morgan fingerprint density at radius 3 is 2.23 bits per heavy atom. The number of hydrogen-bond acceptors (Lipinski definition) is 4. The SMILES string of the molecule is C[C@@H](c1ccc(-n2cncn2)cc1)N(C)C(=O)c1ccc(Oc2ccccc2)cc1. The summed E-state index contributed by atoms with van der Waals surface area (Å²) in [5, 5.41) is 4.13. The molecule has 1 amide bonds. The third-order valence-electron chi connectivity index (χ3n) is 5.04. The van der Waals surface area contributed by atoms with Crippen LogP contribution in [0.4, 0.5) is 0 Å². The number of aromatic nitrogens is 3. The van der Waals surface area contributed by atoms with Crippen LogP contribution in [0.3, 0.4) is 0 Å². The molecule has 0 saturated carbocycles. The molecule has 0 bridgehead atoms. The summed E-state index contributed by atoms with van der Waals surface area (Å²) in [4.78, 5) is 18.6. The van der Waals surface area contributed by atoms with Crippen LogP contribution >= 0.6 is 0 Å². The number of nitrogens with zero attached hydrogens (tertiary/aromatic N) is 4. The van der Waals surface area contributed by atoms with Gasteiger partial charge in [0, 0.05) is 12.6 Å². The first-order chi connectivity index (χ1) is 14.6. The minimum atomic E-state index is -0.0810. The highest BCUT2D eigenvalue weighted by Crippen LogP contribution is 2.24. The Balaban J connectivity index is 1.43. The van der Waals surface area contributed by atoms with Gasteiger partial charge < -0.3 is 9.64 Å². The largest absolute Gasteiger partial charge is 0.457 e. The van der Waals surface area contributed by atoms with Crippen LogP contribution in [-0.4, -0.2) is 32.6 Å². The quantitative estimate of drug-likeness (QED) is 0.464. The zero-order chi connectivity index (χ0) is 20.9. The Morgan fingerprint density at radius 1 is 0.933 bits per heavy atom. The summed E-state index contributed by atoms with van der Waals surface area (Å²) in [6.45, 7) is 2.01. The number of rotatable bonds is 6. The zero-order valence-corrected chi connectivity index (χ0v) is 16.8. The Morgan fingerprint density at radius 2 is 1.60 bits per heavy atom. The normalized spacial score (nSPS) is 11.7. The monoisotopic (exact) mass is 398 g/mol. The van der Waals surface area contributed by atoms with Gasteiger partial charge in [0.05, 0.1) is 11.7 Å². The van der Waals surface area contributed by atoms with Crippen molar-refractivity contribution in [1.82, 2.24) is 19.7 Å². The van der Waals surface area contributed by atoms with Gasteiger partial charge >= 0.3 is 0 Å². The van der Waals surface area contributed by atoms with Crippen LogP contribution in [-0.2, 0) is 0 Å². The van der Waals surface area contributed by atoms with Crippen LogP contribution in [0, 0.1) is 0 Å². The summed E-state index contributed by atoms with van der Waals surface area (Å²) in [5.74, 6) is 1.41. The molecule has 30 heavy (non-hydrogen) atoms. The molecule has 0 aliphatic rings. The fourth-order valence-electron chi connectivity index (χ4n) is 3.14. The lowest BCUT2D eigenvalue weighted by molar-refractivity contribution is 0.0742. The predicted octanol–water partition coefficient (Wildman–Crippen LogP) is 4.89. The summed E-state index contributed by atoms with van der Waals surface area (Å²) >= 11 is 0. The van der Waals surface area contributed by atoms with Crippen molar-refractivity contribution in [2.75, 3.05) is 7.05 Å². The van der Waals surface area contributed by atoms with Crippen molar-refractivity contribution in [3.63, 3.8) is 0 Å². The Hall–Kier alpha value is -3.93. The van der Waals surface area contributed by atoms with Gasteiger partial charge in [0.2, 0.25) is 0 Å². The lowest BCUT2D eigenvalue weighted by Gasteiger charge is -2.25. The van der Waals surface area contributed by atoms with Crippen molar-refractivity contribution in [2.24, 2.45) is 0 Å². The number of para-hydroxylation sites is 1. The molecule has 0 N–H and O–H groups in total. The first-order valence-corrected chi connectivity index (χ1v) is 9.67. The molecular weight excluding hydrogens is 376 g/mol. The van der Waals surface area contributed by atoms with Crippen molar-refractivity contribution < 1.29 is 9.53 Å². The predicted molar refractivity (Wildman–Crippen MR) is 115 cm³/mol. The zero-order valence-electron chi connectivity index (χ0n) is 16.8. The summed E-state index contributed by atoms with van der Waals surface area (Å²) < 4.78 is 7.49. The fourth-order valence-corrected chi connectivity index (χ4v) is 3.14. The average Bonchev–Trinajstić information content (AvgIpc) is 3.34. The average molecular weight is 398 g/mol. The maximum Gasteiger partial charge on any atom is 0.254 e. The fraction of sp³-hybridized carbons (Fsp3) is 0.125. The van der Waals surface area contributed by atoms with E-state index >= 15 is 0 Å². The third kappa shape index (κ3) is 4.22. The topological polar surface area (TPSA) is 60.2 Å².